The average molecular weight is 187 g/mol. The van der Waals surface area contributed by atoms with E-state index < -0.39 is 17.8 Å². The van der Waals surface area contributed by atoms with Crippen LogP contribution in [0.15, 0.2) is 5.11 Å². The van der Waals surface area contributed by atoms with E-state index in [4.69, 9.17) is 5.53 Å². The zero-order valence-corrected chi connectivity index (χ0v) is 7.47. The van der Waals surface area contributed by atoms with Crippen LogP contribution in [-0.2, 0) is 9.47 Å². The molecule has 0 fully saturated rings. The van der Waals surface area contributed by atoms with E-state index in [9.17, 15) is 9.59 Å². The summed E-state index contributed by atoms with van der Waals surface area (Å²) in [5, 5.41) is 2.51. The predicted molar refractivity (Wildman–Crippen MR) is 41.9 cm³/mol. The van der Waals surface area contributed by atoms with Crippen LogP contribution >= 0.6 is 0 Å². The molecule has 0 N–H and O–H groups in total. The third-order valence-corrected chi connectivity index (χ3v) is 0.687. The van der Waals surface area contributed by atoms with E-state index in [0.29, 0.717) is 0 Å². The molecule has 0 spiro atoms. The molecule has 0 radical (unpaired) electrons. The third-order valence-electron chi connectivity index (χ3n) is 0.687. The van der Waals surface area contributed by atoms with Gasteiger partial charge in [0.1, 0.15) is 5.60 Å². The maximum atomic E-state index is 10.7. The number of nitrogens with zero attached hydrogens (tertiary/aromatic N) is 3. The lowest BCUT2D eigenvalue weighted by Crippen LogP contribution is -2.25. The molecule has 7 heteroatoms. The van der Waals surface area contributed by atoms with Gasteiger partial charge in [0.25, 0.3) is 0 Å². The zero-order valence-electron chi connectivity index (χ0n) is 7.47. The van der Waals surface area contributed by atoms with Crippen molar-refractivity contribution in [3.8, 4) is 0 Å². The first-order valence-corrected chi connectivity index (χ1v) is 3.35. The maximum absolute atomic E-state index is 10.7. The first kappa shape index (κ1) is 11.2. The van der Waals surface area contributed by atoms with Crippen molar-refractivity contribution in [2.45, 2.75) is 26.4 Å². The average Bonchev–Trinajstić information content (AvgIpc) is 1.81. The highest BCUT2D eigenvalue weighted by molar-refractivity contribution is 5.81. The highest BCUT2D eigenvalue weighted by Crippen LogP contribution is 2.08. The lowest BCUT2D eigenvalue weighted by atomic mass is 10.2. The molecule has 0 rings (SSSR count). The van der Waals surface area contributed by atoms with Crippen LogP contribution < -0.4 is 0 Å². The van der Waals surface area contributed by atoms with Gasteiger partial charge in [0.05, 0.1) is 0 Å². The molecule has 7 nitrogen and oxygen atoms in total. The molecular weight excluding hydrogens is 178 g/mol. The quantitative estimate of drug-likeness (QED) is 0.191. The summed E-state index contributed by atoms with van der Waals surface area (Å²) in [7, 11) is 0. The van der Waals surface area contributed by atoms with Crippen molar-refractivity contribution < 1.29 is 19.1 Å². The van der Waals surface area contributed by atoms with Crippen molar-refractivity contribution in [1.29, 1.82) is 0 Å². The molecule has 0 aliphatic rings. The van der Waals surface area contributed by atoms with E-state index in [1.54, 1.807) is 20.8 Å². The Balaban J connectivity index is 4.03. The number of hydrogen-bond acceptors (Lipinski definition) is 4. The Labute approximate surface area is 74.2 Å². The van der Waals surface area contributed by atoms with E-state index in [0.717, 1.165) is 0 Å². The smallest absolute Gasteiger partial charge is 0.428 e. The standard InChI is InChI=1S/C6H9N3O4/c1-6(2,3)13-5(11)12-4(10)8-9-7/h1-3H3. The number of carbonyl (C=O) groups is 2. The Bertz CT molecular complexity index is 262. The first-order valence-electron chi connectivity index (χ1n) is 3.35. The molecule has 0 saturated heterocycles. The molecule has 0 bridgehead atoms. The maximum Gasteiger partial charge on any atom is 0.516 e. The third kappa shape index (κ3) is 6.64. The molecule has 0 atom stereocenters. The molecule has 72 valence electrons. The van der Waals surface area contributed by atoms with Gasteiger partial charge in [-0.1, -0.05) is 0 Å². The van der Waals surface area contributed by atoms with Crippen LogP contribution in [0.5, 0.6) is 0 Å². The molecule has 0 heterocycles. The molecule has 0 aliphatic heterocycles. The molecule has 1 amide bonds. The molecule has 0 aliphatic carbocycles. The lowest BCUT2D eigenvalue weighted by Gasteiger charge is -2.17. The Kier molecular flexibility index (Phi) is 3.74. The summed E-state index contributed by atoms with van der Waals surface area (Å²) in [6, 6.07) is 0. The van der Waals surface area contributed by atoms with Crippen molar-refractivity contribution in [2.75, 3.05) is 0 Å². The van der Waals surface area contributed by atoms with Gasteiger partial charge in [-0.3, -0.25) is 0 Å². The summed E-state index contributed by atoms with van der Waals surface area (Å²) in [5.41, 5.74) is 7.03. The largest absolute Gasteiger partial charge is 0.516 e. The van der Waals surface area contributed by atoms with Crippen molar-refractivity contribution in [1.82, 2.24) is 0 Å². The van der Waals surface area contributed by atoms with Gasteiger partial charge in [-0.2, -0.15) is 0 Å². The van der Waals surface area contributed by atoms with Crippen LogP contribution in [0, 0.1) is 0 Å². The SMILES string of the molecule is CC(C)(C)OC(=O)OC(=O)N=[N+]=[N-]. The first-order chi connectivity index (χ1) is 5.85. The van der Waals surface area contributed by atoms with Gasteiger partial charge in [0.2, 0.25) is 0 Å². The van der Waals surface area contributed by atoms with Gasteiger partial charge in [-0.15, -0.1) is 0 Å². The van der Waals surface area contributed by atoms with E-state index in [-0.39, 0.29) is 0 Å². The summed E-state index contributed by atoms with van der Waals surface area (Å²) < 4.78 is 8.54. The molecule has 13 heavy (non-hydrogen) atoms. The Morgan fingerprint density at radius 1 is 1.38 bits per heavy atom. The second-order valence-corrected chi connectivity index (χ2v) is 3.02. The normalized spacial score (nSPS) is 9.77. The summed E-state index contributed by atoms with van der Waals surface area (Å²) in [6.45, 7) is 4.81. The predicted octanol–water partition coefficient (Wildman–Crippen LogP) is 2.37. The summed E-state index contributed by atoms with van der Waals surface area (Å²) >= 11 is 0. The molecule has 0 aromatic rings. The number of azide groups is 1. The van der Waals surface area contributed by atoms with Crippen LogP contribution in [0.3, 0.4) is 0 Å². The molecule has 0 saturated carbocycles. The summed E-state index contributed by atoms with van der Waals surface area (Å²) in [6.07, 6.45) is -2.53. The Hall–Kier alpha value is -1.75. The van der Waals surface area contributed by atoms with Gasteiger partial charge in [0, 0.05) is 10.0 Å². The monoisotopic (exact) mass is 187 g/mol. The van der Waals surface area contributed by atoms with Gasteiger partial charge >= 0.3 is 12.2 Å². The van der Waals surface area contributed by atoms with Gasteiger partial charge in [-0.25, -0.2) is 9.59 Å². The minimum Gasteiger partial charge on any atom is -0.428 e. The van der Waals surface area contributed by atoms with E-state index in [1.165, 1.54) is 0 Å². The second kappa shape index (κ2) is 4.32. The second-order valence-electron chi connectivity index (χ2n) is 3.02. The van der Waals surface area contributed by atoms with Crippen molar-refractivity contribution >= 4 is 12.2 Å². The van der Waals surface area contributed by atoms with Crippen LogP contribution in [0.1, 0.15) is 20.8 Å². The van der Waals surface area contributed by atoms with Crippen LogP contribution in [0.2, 0.25) is 0 Å². The van der Waals surface area contributed by atoms with Gasteiger partial charge < -0.3 is 9.47 Å². The Morgan fingerprint density at radius 3 is 2.31 bits per heavy atom. The number of amides is 1. The highest BCUT2D eigenvalue weighted by Gasteiger charge is 2.19. The van der Waals surface area contributed by atoms with E-state index >= 15 is 0 Å². The summed E-state index contributed by atoms with van der Waals surface area (Å²) in [4.78, 5) is 23.2. The molecular formula is C6H9N3O4. The topological polar surface area (TPSA) is 101 Å². The lowest BCUT2D eigenvalue weighted by molar-refractivity contribution is 0.0105. The summed E-state index contributed by atoms with van der Waals surface area (Å²) in [5.74, 6) is 0. The van der Waals surface area contributed by atoms with E-state index in [1.807, 2.05) is 0 Å². The molecule has 0 aromatic carbocycles. The van der Waals surface area contributed by atoms with Gasteiger partial charge in [-0.05, 0) is 26.3 Å². The zero-order chi connectivity index (χ0) is 10.5. The number of carbonyl (C=O) groups excluding carboxylic acids is 2. The number of hydrogen-bond donors (Lipinski definition) is 0. The fourth-order valence-corrected chi connectivity index (χ4v) is 0.399. The molecule has 0 unspecified atom stereocenters. The van der Waals surface area contributed by atoms with Crippen molar-refractivity contribution in [3.63, 3.8) is 0 Å². The van der Waals surface area contributed by atoms with Gasteiger partial charge in [0.15, 0.2) is 0 Å². The van der Waals surface area contributed by atoms with Crippen LogP contribution in [0.25, 0.3) is 10.4 Å². The number of rotatable bonds is 0. The molecule has 0 aromatic heterocycles. The minimum absolute atomic E-state index is 0.756. The highest BCUT2D eigenvalue weighted by atomic mass is 16.8. The Morgan fingerprint density at radius 2 is 1.92 bits per heavy atom. The fourth-order valence-electron chi connectivity index (χ4n) is 0.399. The number of ether oxygens (including phenoxy) is 2. The van der Waals surface area contributed by atoms with Crippen LogP contribution in [-0.4, -0.2) is 17.8 Å². The van der Waals surface area contributed by atoms with Crippen molar-refractivity contribution in [2.24, 2.45) is 5.11 Å². The van der Waals surface area contributed by atoms with E-state index in [2.05, 4.69) is 19.5 Å². The van der Waals surface area contributed by atoms with Crippen molar-refractivity contribution in [3.05, 3.63) is 10.4 Å². The van der Waals surface area contributed by atoms with Crippen LogP contribution in [0.4, 0.5) is 9.59 Å². The minimum atomic E-state index is -1.34. The fraction of sp³-hybridized carbons (Fsp3) is 0.667.